The van der Waals surface area contributed by atoms with Gasteiger partial charge in [0, 0.05) is 12.1 Å². The molecule has 0 aromatic heterocycles. The number of hydrogen-bond donors (Lipinski definition) is 1. The Morgan fingerprint density at radius 1 is 1.08 bits per heavy atom. The molecule has 3 aromatic carbocycles. The molecule has 25 heavy (non-hydrogen) atoms. The first-order valence-corrected chi connectivity index (χ1v) is 8.44. The fraction of sp³-hybridized carbons (Fsp3) is 0.150. The van der Waals surface area contributed by atoms with Crippen molar-refractivity contribution in [3.63, 3.8) is 0 Å². The molecule has 0 radical (unpaired) electrons. The van der Waals surface area contributed by atoms with Crippen LogP contribution in [0.15, 0.2) is 54.6 Å². The van der Waals surface area contributed by atoms with Crippen LogP contribution < -0.4 is 14.8 Å². The van der Waals surface area contributed by atoms with E-state index >= 15 is 0 Å². The van der Waals surface area contributed by atoms with E-state index in [-0.39, 0.29) is 12.7 Å². The first-order valence-electron chi connectivity index (χ1n) is 8.06. The van der Waals surface area contributed by atoms with Gasteiger partial charge in [0.25, 0.3) is 5.91 Å². The van der Waals surface area contributed by atoms with Crippen molar-refractivity contribution < 1.29 is 14.3 Å². The summed E-state index contributed by atoms with van der Waals surface area (Å²) in [6, 6.07) is 17.7. The zero-order valence-corrected chi connectivity index (χ0v) is 14.2. The second-order valence-corrected chi connectivity index (χ2v) is 6.24. The number of carbonyl (C=O) groups is 1. The van der Waals surface area contributed by atoms with Gasteiger partial charge in [-0.15, -0.1) is 0 Å². The van der Waals surface area contributed by atoms with Gasteiger partial charge in [-0.2, -0.15) is 0 Å². The average molecular weight is 354 g/mol. The lowest BCUT2D eigenvalue weighted by atomic mass is 10.0. The highest BCUT2D eigenvalue weighted by atomic mass is 35.5. The van der Waals surface area contributed by atoms with Crippen LogP contribution in [0.25, 0.3) is 10.8 Å². The van der Waals surface area contributed by atoms with Gasteiger partial charge < -0.3 is 14.8 Å². The number of rotatable bonds is 4. The number of halogens is 1. The third kappa shape index (κ3) is 3.13. The number of fused-ring (bicyclic) bond motifs is 2. The normalized spacial score (nSPS) is 12.4. The summed E-state index contributed by atoms with van der Waals surface area (Å²) in [7, 11) is 0. The maximum absolute atomic E-state index is 12.4. The third-order valence-corrected chi connectivity index (χ3v) is 4.53. The fourth-order valence-electron chi connectivity index (χ4n) is 3.02. The van der Waals surface area contributed by atoms with Gasteiger partial charge in [0.05, 0.1) is 5.02 Å². The Hall–Kier alpha value is -2.72. The molecule has 126 valence electrons. The summed E-state index contributed by atoms with van der Waals surface area (Å²) in [5, 5.41) is 5.74. The molecule has 0 unspecified atom stereocenters. The molecule has 4 rings (SSSR count). The van der Waals surface area contributed by atoms with E-state index in [1.54, 1.807) is 12.1 Å². The maximum atomic E-state index is 12.4. The second kappa shape index (κ2) is 6.65. The molecule has 4 nitrogen and oxygen atoms in total. The van der Waals surface area contributed by atoms with Crippen molar-refractivity contribution in [2.75, 3.05) is 13.3 Å². The minimum Gasteiger partial charge on any atom is -0.454 e. The predicted octanol–water partition coefficient (Wildman–Crippen LogP) is 4.19. The van der Waals surface area contributed by atoms with E-state index in [0.717, 1.165) is 6.42 Å². The van der Waals surface area contributed by atoms with E-state index in [2.05, 4.69) is 29.6 Å². The van der Waals surface area contributed by atoms with Crippen LogP contribution in [-0.2, 0) is 6.42 Å². The zero-order chi connectivity index (χ0) is 17.2. The van der Waals surface area contributed by atoms with Gasteiger partial charge in [-0.1, -0.05) is 54.1 Å². The molecule has 1 amide bonds. The molecule has 0 atom stereocenters. The van der Waals surface area contributed by atoms with Crippen LogP contribution in [-0.4, -0.2) is 19.2 Å². The van der Waals surface area contributed by atoms with Crippen LogP contribution in [0.4, 0.5) is 0 Å². The molecule has 0 fully saturated rings. The molecule has 0 saturated carbocycles. The Morgan fingerprint density at radius 3 is 2.84 bits per heavy atom. The Morgan fingerprint density at radius 2 is 1.92 bits per heavy atom. The first kappa shape index (κ1) is 15.8. The van der Waals surface area contributed by atoms with Crippen molar-refractivity contribution in [1.29, 1.82) is 0 Å². The van der Waals surface area contributed by atoms with E-state index in [9.17, 15) is 4.79 Å². The van der Waals surface area contributed by atoms with Crippen LogP contribution >= 0.6 is 11.6 Å². The summed E-state index contributed by atoms with van der Waals surface area (Å²) in [6.07, 6.45) is 0.755. The highest BCUT2D eigenvalue weighted by Crippen LogP contribution is 2.39. The van der Waals surface area contributed by atoms with E-state index in [0.29, 0.717) is 28.6 Å². The third-order valence-electron chi connectivity index (χ3n) is 4.25. The van der Waals surface area contributed by atoms with Crippen molar-refractivity contribution in [2.24, 2.45) is 0 Å². The highest BCUT2D eigenvalue weighted by Gasteiger charge is 2.20. The topological polar surface area (TPSA) is 47.6 Å². The second-order valence-electron chi connectivity index (χ2n) is 5.84. The van der Waals surface area contributed by atoms with Crippen molar-refractivity contribution >= 4 is 28.3 Å². The zero-order valence-electron chi connectivity index (χ0n) is 13.4. The van der Waals surface area contributed by atoms with Crippen molar-refractivity contribution in [3.05, 3.63) is 70.7 Å². The minimum atomic E-state index is -0.180. The van der Waals surface area contributed by atoms with Crippen molar-refractivity contribution in [1.82, 2.24) is 5.32 Å². The number of nitrogens with one attached hydrogen (secondary N) is 1. The number of amides is 1. The number of ether oxygens (including phenoxy) is 2. The molecule has 5 heteroatoms. The van der Waals surface area contributed by atoms with Crippen LogP contribution in [0.2, 0.25) is 5.02 Å². The summed E-state index contributed by atoms with van der Waals surface area (Å²) in [4.78, 5) is 12.4. The molecule has 0 saturated heterocycles. The van der Waals surface area contributed by atoms with Gasteiger partial charge in [0.2, 0.25) is 6.79 Å². The lowest BCUT2D eigenvalue weighted by molar-refractivity contribution is 0.0953. The standard InChI is InChI=1S/C20H16ClNO3/c21-17-10-15(11-18-19(17)25-12-24-18)20(23)22-9-8-14-6-3-5-13-4-1-2-7-16(13)14/h1-7,10-11H,8-9,12H2,(H,22,23). The van der Waals surface area contributed by atoms with Gasteiger partial charge in [0.15, 0.2) is 11.5 Å². The molecule has 0 bridgehead atoms. The SMILES string of the molecule is O=C(NCCc1cccc2ccccc12)c1cc(Cl)c2c(c1)OCO2. The molecule has 1 aliphatic rings. The number of benzene rings is 3. The van der Waals surface area contributed by atoms with Crippen LogP contribution in [0.3, 0.4) is 0 Å². The fourth-order valence-corrected chi connectivity index (χ4v) is 3.29. The summed E-state index contributed by atoms with van der Waals surface area (Å²) in [5.41, 5.74) is 1.68. The Balaban J connectivity index is 1.45. The number of hydrogen-bond acceptors (Lipinski definition) is 3. The average Bonchev–Trinajstić information content (AvgIpc) is 3.11. The summed E-state index contributed by atoms with van der Waals surface area (Å²) in [6.45, 7) is 0.667. The van der Waals surface area contributed by atoms with E-state index in [4.69, 9.17) is 21.1 Å². The van der Waals surface area contributed by atoms with E-state index in [1.807, 2.05) is 18.2 Å². The molecule has 3 aromatic rings. The molecule has 0 aliphatic carbocycles. The summed E-state index contributed by atoms with van der Waals surface area (Å²) >= 11 is 6.13. The maximum Gasteiger partial charge on any atom is 0.251 e. The Labute approximate surface area is 150 Å². The Bertz CT molecular complexity index is 950. The minimum absolute atomic E-state index is 0.126. The van der Waals surface area contributed by atoms with Crippen LogP contribution in [0.5, 0.6) is 11.5 Å². The van der Waals surface area contributed by atoms with Crippen molar-refractivity contribution in [3.8, 4) is 11.5 Å². The van der Waals surface area contributed by atoms with Gasteiger partial charge in [-0.05, 0) is 34.9 Å². The smallest absolute Gasteiger partial charge is 0.251 e. The lowest BCUT2D eigenvalue weighted by Crippen LogP contribution is -2.25. The molecular formula is C20H16ClNO3. The largest absolute Gasteiger partial charge is 0.454 e. The lowest BCUT2D eigenvalue weighted by Gasteiger charge is -2.09. The monoisotopic (exact) mass is 353 g/mol. The summed E-state index contributed by atoms with van der Waals surface area (Å²) < 4.78 is 10.6. The molecule has 1 N–H and O–H groups in total. The number of carbonyl (C=O) groups excluding carboxylic acids is 1. The quantitative estimate of drug-likeness (QED) is 0.765. The Kier molecular flexibility index (Phi) is 4.20. The highest BCUT2D eigenvalue weighted by molar-refractivity contribution is 6.32. The van der Waals surface area contributed by atoms with Gasteiger partial charge >= 0.3 is 0 Å². The van der Waals surface area contributed by atoms with E-state index < -0.39 is 0 Å². The summed E-state index contributed by atoms with van der Waals surface area (Å²) in [5.74, 6) is 0.820. The van der Waals surface area contributed by atoms with Crippen LogP contribution in [0, 0.1) is 0 Å². The van der Waals surface area contributed by atoms with Crippen LogP contribution in [0.1, 0.15) is 15.9 Å². The van der Waals surface area contributed by atoms with Crippen molar-refractivity contribution in [2.45, 2.75) is 6.42 Å². The van der Waals surface area contributed by atoms with Gasteiger partial charge in [-0.3, -0.25) is 4.79 Å². The van der Waals surface area contributed by atoms with Gasteiger partial charge in [0.1, 0.15) is 0 Å². The first-order chi connectivity index (χ1) is 12.2. The molecule has 1 aliphatic heterocycles. The molecule has 0 spiro atoms. The van der Waals surface area contributed by atoms with E-state index in [1.165, 1.54) is 16.3 Å². The van der Waals surface area contributed by atoms with Gasteiger partial charge in [-0.25, -0.2) is 0 Å². The molecule has 1 heterocycles. The molecular weight excluding hydrogens is 338 g/mol. The predicted molar refractivity (Wildman–Crippen MR) is 97.6 cm³/mol.